The highest BCUT2D eigenvalue weighted by Gasteiger charge is 2.46. The average molecular weight is 629 g/mol. The van der Waals surface area contributed by atoms with Gasteiger partial charge in [-0.3, -0.25) is 14.4 Å². The molecule has 1 aliphatic heterocycles. The molecule has 0 bridgehead atoms. The van der Waals surface area contributed by atoms with Gasteiger partial charge in [0.25, 0.3) is 23.3 Å². The van der Waals surface area contributed by atoms with Crippen molar-refractivity contribution in [2.45, 2.75) is 75.1 Å². The van der Waals surface area contributed by atoms with Crippen LogP contribution in [0.1, 0.15) is 88.0 Å². The van der Waals surface area contributed by atoms with E-state index in [0.29, 0.717) is 23.4 Å². The number of nitrogens with zero attached hydrogens (tertiary/aromatic N) is 4. The number of methoxy groups -OCH3 is 1. The Morgan fingerprint density at radius 2 is 1.85 bits per heavy atom. The monoisotopic (exact) mass is 628 g/mol. The summed E-state index contributed by atoms with van der Waals surface area (Å²) >= 11 is 0. The van der Waals surface area contributed by atoms with Crippen molar-refractivity contribution in [1.29, 1.82) is 5.26 Å². The second-order valence-electron chi connectivity index (χ2n) is 12.8. The summed E-state index contributed by atoms with van der Waals surface area (Å²) < 4.78 is 34.4. The van der Waals surface area contributed by atoms with E-state index in [1.807, 2.05) is 18.3 Å². The molecule has 2 aromatic heterocycles. The van der Waals surface area contributed by atoms with E-state index in [1.54, 1.807) is 35.9 Å². The number of hydrogen-bond donors (Lipinski definition) is 2. The molecule has 12 heteroatoms. The van der Waals surface area contributed by atoms with Crippen LogP contribution in [0, 0.1) is 11.3 Å². The number of carbonyl (C=O) groups excluding carboxylic acids is 2. The summed E-state index contributed by atoms with van der Waals surface area (Å²) in [5, 5.41) is 15.8. The first kappa shape index (κ1) is 30.2. The molecule has 0 spiro atoms. The van der Waals surface area contributed by atoms with Gasteiger partial charge in [0.15, 0.2) is 0 Å². The number of rotatable bonds is 10. The maximum atomic E-state index is 13.7. The molecule has 10 nitrogen and oxygen atoms in total. The maximum Gasteiger partial charge on any atom is 0.282 e. The van der Waals surface area contributed by atoms with E-state index < -0.39 is 30.8 Å². The normalized spacial score (nSPS) is 21.6. The van der Waals surface area contributed by atoms with Crippen LogP contribution >= 0.6 is 0 Å². The third-order valence-corrected chi connectivity index (χ3v) is 9.27. The lowest BCUT2D eigenvalue weighted by Gasteiger charge is -2.39. The molecule has 0 radical (unpaired) electrons. The van der Waals surface area contributed by atoms with Crippen LogP contribution in [-0.2, 0) is 11.3 Å². The van der Waals surface area contributed by atoms with Crippen LogP contribution in [0.4, 0.5) is 14.6 Å². The van der Waals surface area contributed by atoms with Crippen molar-refractivity contribution in [3.05, 3.63) is 80.9 Å². The predicted octanol–water partition coefficient (Wildman–Crippen LogP) is 4.60. The van der Waals surface area contributed by atoms with Gasteiger partial charge in [-0.05, 0) is 85.5 Å². The summed E-state index contributed by atoms with van der Waals surface area (Å²) in [5.41, 5.74) is 2.50. The van der Waals surface area contributed by atoms with Crippen LogP contribution in [0.15, 0.2) is 47.4 Å². The Hall–Kier alpha value is -4.47. The SMILES string of the molecule is CO[C@H]1CCC1NCc1cc(C(=O)Nc2cc(-c3ccc(C#N)cc3C(=O)N3CC(F)(F)C3)cc(C3CC3)n2)c(=O)n(C2CC2)c1. The Bertz CT molecular complexity index is 1820. The summed E-state index contributed by atoms with van der Waals surface area (Å²) in [5.74, 6) is -3.75. The van der Waals surface area contributed by atoms with Gasteiger partial charge in [-0.2, -0.15) is 5.26 Å². The summed E-state index contributed by atoms with van der Waals surface area (Å²) in [4.78, 5) is 46.2. The summed E-state index contributed by atoms with van der Waals surface area (Å²) in [6.07, 6.45) is 7.54. The Morgan fingerprint density at radius 3 is 2.48 bits per heavy atom. The Balaban J connectivity index is 1.20. The molecule has 2 N–H and O–H groups in total. The summed E-state index contributed by atoms with van der Waals surface area (Å²) in [6.45, 7) is -0.892. The van der Waals surface area contributed by atoms with Gasteiger partial charge in [0.1, 0.15) is 11.4 Å². The number of nitriles is 1. The van der Waals surface area contributed by atoms with Gasteiger partial charge in [0, 0.05) is 49.1 Å². The lowest BCUT2D eigenvalue weighted by molar-refractivity contribution is -0.113. The van der Waals surface area contributed by atoms with Gasteiger partial charge >= 0.3 is 0 Å². The van der Waals surface area contributed by atoms with Crippen molar-refractivity contribution < 1.29 is 23.1 Å². The first-order chi connectivity index (χ1) is 22.1. The topological polar surface area (TPSA) is 129 Å². The first-order valence-corrected chi connectivity index (χ1v) is 15.7. The van der Waals surface area contributed by atoms with Crippen LogP contribution in [0.25, 0.3) is 11.1 Å². The van der Waals surface area contributed by atoms with E-state index in [1.165, 1.54) is 6.07 Å². The number of hydrogen-bond acceptors (Lipinski definition) is 7. The smallest absolute Gasteiger partial charge is 0.282 e. The van der Waals surface area contributed by atoms with E-state index in [2.05, 4.69) is 15.6 Å². The molecule has 46 heavy (non-hydrogen) atoms. The Kier molecular flexibility index (Phi) is 7.69. The molecule has 1 saturated heterocycles. The van der Waals surface area contributed by atoms with Crippen LogP contribution in [0.2, 0.25) is 0 Å². The first-order valence-electron chi connectivity index (χ1n) is 15.7. The number of benzene rings is 1. The summed E-state index contributed by atoms with van der Waals surface area (Å²) in [6, 6.07) is 11.9. The third-order valence-electron chi connectivity index (χ3n) is 9.27. The lowest BCUT2D eigenvalue weighted by Crippen LogP contribution is -2.58. The molecular formula is C34H34F2N6O4. The molecular weight excluding hydrogens is 594 g/mol. The van der Waals surface area contributed by atoms with E-state index >= 15 is 0 Å². The minimum absolute atomic E-state index is 0.0104. The van der Waals surface area contributed by atoms with Gasteiger partial charge < -0.3 is 24.8 Å². The quantitative estimate of drug-likeness (QED) is 0.336. The van der Waals surface area contributed by atoms with Gasteiger partial charge in [0.2, 0.25) is 0 Å². The highest BCUT2D eigenvalue weighted by molar-refractivity contribution is 6.05. The number of halogens is 2. The molecule has 4 aliphatic rings. The number of nitrogens with one attached hydrogen (secondary N) is 2. The van der Waals surface area contributed by atoms with Crippen LogP contribution in [0.3, 0.4) is 0 Å². The molecule has 2 amide bonds. The maximum absolute atomic E-state index is 13.7. The zero-order valence-electron chi connectivity index (χ0n) is 25.4. The van der Waals surface area contributed by atoms with Crippen molar-refractivity contribution in [2.24, 2.45) is 0 Å². The molecule has 3 heterocycles. The number of carbonyl (C=O) groups is 2. The van der Waals surface area contributed by atoms with Gasteiger partial charge in [-0.15, -0.1) is 0 Å². The second-order valence-corrected chi connectivity index (χ2v) is 12.8. The Labute approximate surface area is 264 Å². The van der Waals surface area contributed by atoms with Crippen LogP contribution in [-0.4, -0.2) is 64.5 Å². The molecule has 238 valence electrons. The molecule has 3 saturated carbocycles. The predicted molar refractivity (Wildman–Crippen MR) is 165 cm³/mol. The second kappa shape index (κ2) is 11.7. The average Bonchev–Trinajstić information content (AvgIpc) is 3.93. The van der Waals surface area contributed by atoms with E-state index in [9.17, 15) is 28.4 Å². The number of amides is 2. The fourth-order valence-electron chi connectivity index (χ4n) is 6.19. The molecule has 7 rings (SSSR count). The highest BCUT2D eigenvalue weighted by Crippen LogP contribution is 2.42. The van der Waals surface area contributed by atoms with Crippen molar-refractivity contribution >= 4 is 17.6 Å². The van der Waals surface area contributed by atoms with Crippen molar-refractivity contribution in [2.75, 3.05) is 25.5 Å². The number of pyridine rings is 2. The zero-order chi connectivity index (χ0) is 32.2. The third kappa shape index (κ3) is 6.04. The van der Waals surface area contributed by atoms with Gasteiger partial charge in [0.05, 0.1) is 30.8 Å². The van der Waals surface area contributed by atoms with Crippen molar-refractivity contribution in [3.63, 3.8) is 0 Å². The molecule has 2 atom stereocenters. The number of likely N-dealkylation sites (tertiary alicyclic amines) is 1. The Morgan fingerprint density at radius 1 is 1.07 bits per heavy atom. The molecule has 3 aromatic rings. The van der Waals surface area contributed by atoms with Crippen molar-refractivity contribution in [1.82, 2.24) is 19.8 Å². The number of aromatic nitrogens is 2. The van der Waals surface area contributed by atoms with Crippen molar-refractivity contribution in [3.8, 4) is 17.2 Å². The standard InChI is InChI=1S/C34H34F2N6O4/c1-46-29-9-8-27(29)38-15-20-11-26(33(45)42(16-20)23-5-6-23)31(43)40-30-13-22(12-28(39-30)21-3-4-21)24-7-2-19(14-37)10-25(24)32(44)41-17-34(35,36)18-41/h2,7,10-13,16,21,23,27,29,38H,3-6,8-9,15,17-18H2,1H3,(H,39,40,43)/t27?,29-/m0/s1. The van der Waals surface area contributed by atoms with E-state index in [-0.39, 0.29) is 52.2 Å². The number of anilines is 1. The van der Waals surface area contributed by atoms with Crippen LogP contribution in [0.5, 0.6) is 0 Å². The molecule has 1 unspecified atom stereocenters. The minimum Gasteiger partial charge on any atom is -0.380 e. The van der Waals surface area contributed by atoms with E-state index in [4.69, 9.17) is 4.74 Å². The fourth-order valence-corrected chi connectivity index (χ4v) is 6.19. The largest absolute Gasteiger partial charge is 0.380 e. The van der Waals surface area contributed by atoms with Gasteiger partial charge in [-0.1, -0.05) is 6.07 Å². The van der Waals surface area contributed by atoms with Crippen LogP contribution < -0.4 is 16.2 Å². The zero-order valence-corrected chi connectivity index (χ0v) is 25.4. The van der Waals surface area contributed by atoms with E-state index in [0.717, 1.165) is 49.0 Å². The minimum atomic E-state index is -2.94. The molecule has 1 aromatic carbocycles. The number of alkyl halides is 2. The lowest BCUT2D eigenvalue weighted by atomic mass is 9.89. The molecule has 3 aliphatic carbocycles. The van der Waals surface area contributed by atoms with Gasteiger partial charge in [-0.25, -0.2) is 13.8 Å². The molecule has 4 fully saturated rings. The highest BCUT2D eigenvalue weighted by atomic mass is 19.3. The summed E-state index contributed by atoms with van der Waals surface area (Å²) in [7, 11) is 1.69. The number of ether oxygens (including phenoxy) is 1. The fraction of sp³-hybridized carbons (Fsp3) is 0.441.